The molecule has 0 aliphatic rings. The summed E-state index contributed by atoms with van der Waals surface area (Å²) in [5.74, 6) is -0.411. The van der Waals surface area contributed by atoms with Gasteiger partial charge in [0.1, 0.15) is 5.82 Å². The van der Waals surface area contributed by atoms with Crippen molar-refractivity contribution in [3.8, 4) is 0 Å². The van der Waals surface area contributed by atoms with Crippen molar-refractivity contribution in [1.82, 2.24) is 0 Å². The molecule has 1 aromatic carbocycles. The van der Waals surface area contributed by atoms with Crippen LogP contribution in [0, 0.1) is 5.82 Å². The maximum atomic E-state index is 12.8. The standard InChI is InChI=1S/C13H12F4OS/c1-9(18)19-7-3-2-4-10-5-6-11(14)8-12(10)13(15,16)17/h2,4-6,8H,3,7H2,1H3. The highest BCUT2D eigenvalue weighted by Gasteiger charge is 2.33. The van der Waals surface area contributed by atoms with Gasteiger partial charge in [-0.3, -0.25) is 4.79 Å². The summed E-state index contributed by atoms with van der Waals surface area (Å²) < 4.78 is 50.8. The highest BCUT2D eigenvalue weighted by Crippen LogP contribution is 2.33. The monoisotopic (exact) mass is 292 g/mol. The maximum absolute atomic E-state index is 12.8. The molecule has 0 aliphatic carbocycles. The molecular weight excluding hydrogens is 280 g/mol. The number of rotatable bonds is 4. The Morgan fingerprint density at radius 2 is 2.05 bits per heavy atom. The molecule has 0 fully saturated rings. The van der Waals surface area contributed by atoms with Crippen LogP contribution in [0.1, 0.15) is 24.5 Å². The Kier molecular flexibility index (Phi) is 5.60. The van der Waals surface area contributed by atoms with Gasteiger partial charge in [0.2, 0.25) is 0 Å². The Morgan fingerprint density at radius 1 is 1.37 bits per heavy atom. The summed E-state index contributed by atoms with van der Waals surface area (Å²) in [6.45, 7) is 1.43. The van der Waals surface area contributed by atoms with Gasteiger partial charge in [0.05, 0.1) is 5.56 Å². The SMILES string of the molecule is CC(=O)SCCC=Cc1ccc(F)cc1C(F)(F)F. The Bertz CT molecular complexity index is 480. The van der Waals surface area contributed by atoms with Gasteiger partial charge in [0.25, 0.3) is 0 Å². The molecule has 1 rings (SSSR count). The average Bonchev–Trinajstić information content (AvgIpc) is 2.28. The number of benzene rings is 1. The zero-order valence-electron chi connectivity index (χ0n) is 10.1. The van der Waals surface area contributed by atoms with E-state index in [0.29, 0.717) is 18.2 Å². The maximum Gasteiger partial charge on any atom is 0.417 e. The number of allylic oxidation sites excluding steroid dienone is 1. The lowest BCUT2D eigenvalue weighted by Crippen LogP contribution is -2.07. The van der Waals surface area contributed by atoms with Crippen LogP contribution in [0.2, 0.25) is 0 Å². The molecule has 0 atom stereocenters. The molecule has 0 aliphatic heterocycles. The Hall–Kier alpha value is -1.30. The topological polar surface area (TPSA) is 17.1 Å². The summed E-state index contributed by atoms with van der Waals surface area (Å²) in [6.07, 6.45) is -1.28. The number of hydrogen-bond donors (Lipinski definition) is 0. The molecule has 6 heteroatoms. The second-order valence-corrected chi connectivity index (χ2v) is 5.03. The third kappa shape index (κ3) is 5.46. The Balaban J connectivity index is 2.78. The van der Waals surface area contributed by atoms with Gasteiger partial charge < -0.3 is 0 Å². The van der Waals surface area contributed by atoms with Crippen molar-refractivity contribution in [2.24, 2.45) is 0 Å². The van der Waals surface area contributed by atoms with Crippen LogP contribution in [0.25, 0.3) is 6.08 Å². The van der Waals surface area contributed by atoms with Crippen molar-refractivity contribution in [2.45, 2.75) is 19.5 Å². The third-order valence-electron chi connectivity index (χ3n) is 2.21. The fourth-order valence-electron chi connectivity index (χ4n) is 1.40. The van der Waals surface area contributed by atoms with Crippen LogP contribution in [0.3, 0.4) is 0 Å². The van der Waals surface area contributed by atoms with Gasteiger partial charge in [-0.05, 0) is 24.1 Å². The van der Waals surface area contributed by atoms with Crippen molar-refractivity contribution in [1.29, 1.82) is 0 Å². The third-order valence-corrected chi connectivity index (χ3v) is 3.05. The minimum Gasteiger partial charge on any atom is -0.288 e. The van der Waals surface area contributed by atoms with Crippen molar-refractivity contribution >= 4 is 23.0 Å². The molecule has 0 radical (unpaired) electrons. The number of hydrogen-bond acceptors (Lipinski definition) is 2. The zero-order valence-corrected chi connectivity index (χ0v) is 10.9. The van der Waals surface area contributed by atoms with E-state index in [-0.39, 0.29) is 10.7 Å². The molecule has 0 N–H and O–H groups in total. The van der Waals surface area contributed by atoms with Gasteiger partial charge in [-0.15, -0.1) is 0 Å². The molecule has 0 aromatic heterocycles. The van der Waals surface area contributed by atoms with Crippen molar-refractivity contribution < 1.29 is 22.4 Å². The molecule has 0 heterocycles. The van der Waals surface area contributed by atoms with E-state index in [1.165, 1.54) is 13.0 Å². The van der Waals surface area contributed by atoms with Crippen LogP contribution in [-0.2, 0) is 11.0 Å². The first kappa shape index (κ1) is 15.8. The van der Waals surface area contributed by atoms with E-state index in [9.17, 15) is 22.4 Å². The summed E-state index contributed by atoms with van der Waals surface area (Å²) in [6, 6.07) is 2.55. The molecule has 0 spiro atoms. The highest BCUT2D eigenvalue weighted by molar-refractivity contribution is 8.13. The number of thioether (sulfide) groups is 1. The van der Waals surface area contributed by atoms with E-state index in [1.54, 1.807) is 6.08 Å². The molecule has 0 amide bonds. The van der Waals surface area contributed by atoms with Gasteiger partial charge in [-0.1, -0.05) is 30.0 Å². The Labute approximate surface area is 112 Å². The lowest BCUT2D eigenvalue weighted by Gasteiger charge is -2.10. The largest absolute Gasteiger partial charge is 0.417 e. The molecule has 19 heavy (non-hydrogen) atoms. The normalized spacial score (nSPS) is 12.1. The summed E-state index contributed by atoms with van der Waals surface area (Å²) in [7, 11) is 0. The smallest absolute Gasteiger partial charge is 0.288 e. The van der Waals surface area contributed by atoms with Gasteiger partial charge in [-0.25, -0.2) is 4.39 Å². The van der Waals surface area contributed by atoms with Crippen LogP contribution in [0.4, 0.5) is 17.6 Å². The predicted octanol–water partition coefficient (Wildman–Crippen LogP) is 4.53. The van der Waals surface area contributed by atoms with E-state index in [2.05, 4.69) is 0 Å². The summed E-state index contributed by atoms with van der Waals surface area (Å²) >= 11 is 1.11. The number of alkyl halides is 3. The number of carbonyl (C=O) groups is 1. The van der Waals surface area contributed by atoms with Crippen LogP contribution in [-0.4, -0.2) is 10.9 Å². The molecule has 1 aromatic rings. The lowest BCUT2D eigenvalue weighted by molar-refractivity contribution is -0.137. The van der Waals surface area contributed by atoms with Crippen LogP contribution in [0.5, 0.6) is 0 Å². The number of halogens is 4. The molecule has 0 bridgehead atoms. The van der Waals surface area contributed by atoms with Crippen molar-refractivity contribution in [2.75, 3.05) is 5.75 Å². The molecule has 0 unspecified atom stereocenters. The molecule has 1 nitrogen and oxygen atoms in total. The molecule has 104 valence electrons. The average molecular weight is 292 g/mol. The summed E-state index contributed by atoms with van der Waals surface area (Å²) in [5, 5.41) is -0.0360. The van der Waals surface area contributed by atoms with Crippen molar-refractivity contribution in [3.05, 3.63) is 41.2 Å². The van der Waals surface area contributed by atoms with E-state index in [0.717, 1.165) is 23.9 Å². The van der Waals surface area contributed by atoms with E-state index in [1.807, 2.05) is 0 Å². The van der Waals surface area contributed by atoms with E-state index in [4.69, 9.17) is 0 Å². The first-order chi connectivity index (χ1) is 8.80. The van der Waals surface area contributed by atoms with Crippen LogP contribution in [0.15, 0.2) is 24.3 Å². The minimum absolute atomic E-state index is 0.0360. The van der Waals surface area contributed by atoms with Gasteiger partial charge in [0, 0.05) is 12.7 Å². The van der Waals surface area contributed by atoms with E-state index >= 15 is 0 Å². The van der Waals surface area contributed by atoms with Crippen LogP contribution < -0.4 is 0 Å². The molecule has 0 saturated carbocycles. The second kappa shape index (κ2) is 6.75. The van der Waals surface area contributed by atoms with Crippen molar-refractivity contribution in [3.63, 3.8) is 0 Å². The fourth-order valence-corrected chi connectivity index (χ4v) is 1.94. The second-order valence-electron chi connectivity index (χ2n) is 3.76. The Morgan fingerprint density at radius 3 is 2.63 bits per heavy atom. The lowest BCUT2D eigenvalue weighted by atomic mass is 10.1. The summed E-state index contributed by atoms with van der Waals surface area (Å²) in [5.41, 5.74) is -1.08. The van der Waals surface area contributed by atoms with Crippen LogP contribution >= 0.6 is 11.8 Å². The zero-order chi connectivity index (χ0) is 14.5. The predicted molar refractivity (Wildman–Crippen MR) is 68.2 cm³/mol. The minimum atomic E-state index is -4.59. The highest BCUT2D eigenvalue weighted by atomic mass is 32.2. The number of carbonyl (C=O) groups excluding carboxylic acids is 1. The first-order valence-electron chi connectivity index (χ1n) is 5.47. The quantitative estimate of drug-likeness (QED) is 0.599. The van der Waals surface area contributed by atoms with Gasteiger partial charge in [0.15, 0.2) is 5.12 Å². The summed E-state index contributed by atoms with van der Waals surface area (Å²) in [4.78, 5) is 10.6. The molecular formula is C13H12F4OS. The first-order valence-corrected chi connectivity index (χ1v) is 6.46. The van der Waals surface area contributed by atoms with Gasteiger partial charge in [-0.2, -0.15) is 13.2 Å². The van der Waals surface area contributed by atoms with E-state index < -0.39 is 17.6 Å². The van der Waals surface area contributed by atoms with Gasteiger partial charge >= 0.3 is 6.18 Å². The fraction of sp³-hybridized carbons (Fsp3) is 0.308. The molecule has 0 saturated heterocycles.